The van der Waals surface area contributed by atoms with Crippen molar-refractivity contribution in [2.45, 2.75) is 13.0 Å². The first-order chi connectivity index (χ1) is 12.6. The Morgan fingerprint density at radius 3 is 2.54 bits per heavy atom. The fraction of sp³-hybridized carbons (Fsp3) is 0.200. The third-order valence-electron chi connectivity index (χ3n) is 3.91. The first kappa shape index (κ1) is 17.5. The van der Waals surface area contributed by atoms with Crippen molar-refractivity contribution in [3.63, 3.8) is 0 Å². The average molecular weight is 354 g/mol. The lowest BCUT2D eigenvalue weighted by Gasteiger charge is -2.09. The summed E-state index contributed by atoms with van der Waals surface area (Å²) >= 11 is 0. The van der Waals surface area contributed by atoms with Gasteiger partial charge in [-0.1, -0.05) is 12.1 Å². The van der Waals surface area contributed by atoms with E-state index in [4.69, 9.17) is 18.6 Å². The number of hydrogen-bond donors (Lipinski definition) is 0. The van der Waals surface area contributed by atoms with Gasteiger partial charge in [0.15, 0.2) is 0 Å². The number of carbonyl (C=O) groups is 1. The maximum Gasteiger partial charge on any atom is 0.336 e. The second kappa shape index (κ2) is 7.74. The zero-order valence-electron chi connectivity index (χ0n) is 14.5. The minimum Gasteiger partial charge on any atom is -0.497 e. The van der Waals surface area contributed by atoms with Crippen LogP contribution in [0.25, 0.3) is 11.0 Å². The molecule has 0 N–H and O–H groups in total. The number of methoxy groups -OCH3 is 2. The molecule has 1 aromatic heterocycles. The molecule has 3 rings (SSSR count). The topological polar surface area (TPSA) is 75.0 Å². The molecule has 2 aromatic carbocycles. The molecule has 0 spiro atoms. The number of benzene rings is 2. The summed E-state index contributed by atoms with van der Waals surface area (Å²) in [5.41, 5.74) is 1.25. The highest BCUT2D eigenvalue weighted by Crippen LogP contribution is 2.23. The predicted octanol–water partition coefficient (Wildman–Crippen LogP) is 3.10. The Kier molecular flexibility index (Phi) is 5.22. The van der Waals surface area contributed by atoms with E-state index in [-0.39, 0.29) is 13.0 Å². The number of ether oxygens (including phenoxy) is 3. The van der Waals surface area contributed by atoms with Crippen LogP contribution < -0.4 is 15.1 Å². The van der Waals surface area contributed by atoms with Gasteiger partial charge in [0.05, 0.1) is 20.6 Å². The molecule has 0 unspecified atom stereocenters. The van der Waals surface area contributed by atoms with E-state index in [1.807, 2.05) is 12.1 Å². The highest BCUT2D eigenvalue weighted by Gasteiger charge is 2.11. The highest BCUT2D eigenvalue weighted by molar-refractivity contribution is 5.82. The molecule has 1 heterocycles. The zero-order valence-corrected chi connectivity index (χ0v) is 14.5. The average Bonchev–Trinajstić information content (AvgIpc) is 2.65. The molecule has 0 atom stereocenters. The molecular weight excluding hydrogens is 336 g/mol. The summed E-state index contributed by atoms with van der Waals surface area (Å²) in [6.45, 7) is -0.0166. The Morgan fingerprint density at radius 2 is 1.77 bits per heavy atom. The van der Waals surface area contributed by atoms with Crippen molar-refractivity contribution in [2.24, 2.45) is 0 Å². The molecule has 0 saturated carbocycles. The van der Waals surface area contributed by atoms with Crippen molar-refractivity contribution >= 4 is 16.9 Å². The zero-order chi connectivity index (χ0) is 18.5. The maximum atomic E-state index is 12.1. The molecule has 6 nitrogen and oxygen atoms in total. The smallest absolute Gasteiger partial charge is 0.336 e. The molecule has 0 aliphatic heterocycles. The van der Waals surface area contributed by atoms with E-state index in [9.17, 15) is 9.59 Å². The Balaban J connectivity index is 1.74. The fourth-order valence-corrected chi connectivity index (χ4v) is 2.61. The molecule has 0 aliphatic rings. The van der Waals surface area contributed by atoms with Crippen LogP contribution in [0.2, 0.25) is 0 Å². The van der Waals surface area contributed by atoms with Crippen LogP contribution in [0.15, 0.2) is 57.7 Å². The van der Waals surface area contributed by atoms with Crippen molar-refractivity contribution in [3.05, 3.63) is 70.1 Å². The Bertz CT molecular complexity index is 989. The van der Waals surface area contributed by atoms with Crippen LogP contribution >= 0.6 is 0 Å². The first-order valence-electron chi connectivity index (χ1n) is 7.98. The SMILES string of the molecule is COc1cccc(CC(=O)OCc2cc(=O)oc3cc(OC)ccc23)c1. The van der Waals surface area contributed by atoms with Crippen LogP contribution in [0.1, 0.15) is 11.1 Å². The number of fused-ring (bicyclic) bond motifs is 1. The van der Waals surface area contributed by atoms with Crippen LogP contribution in [0.5, 0.6) is 11.5 Å². The van der Waals surface area contributed by atoms with Gasteiger partial charge in [-0.25, -0.2) is 4.79 Å². The van der Waals surface area contributed by atoms with Crippen LogP contribution in [-0.2, 0) is 22.6 Å². The van der Waals surface area contributed by atoms with Crippen LogP contribution in [0.3, 0.4) is 0 Å². The van der Waals surface area contributed by atoms with Crippen molar-refractivity contribution in [1.29, 1.82) is 0 Å². The lowest BCUT2D eigenvalue weighted by atomic mass is 10.1. The molecular formula is C20H18O6. The van der Waals surface area contributed by atoms with Crippen molar-refractivity contribution in [3.8, 4) is 11.5 Å². The summed E-state index contributed by atoms with van der Waals surface area (Å²) in [4.78, 5) is 23.9. The standard InChI is InChI=1S/C20H18O6/c1-23-15-5-3-4-13(8-15)9-19(21)25-12-14-10-20(22)26-18-11-16(24-2)6-7-17(14)18/h3-8,10-11H,9,12H2,1-2H3. The summed E-state index contributed by atoms with van der Waals surface area (Å²) in [6, 6.07) is 13.7. The quantitative estimate of drug-likeness (QED) is 0.500. The van der Waals surface area contributed by atoms with Gasteiger partial charge >= 0.3 is 11.6 Å². The predicted molar refractivity (Wildman–Crippen MR) is 95.5 cm³/mol. The normalized spacial score (nSPS) is 10.5. The molecule has 0 fully saturated rings. The largest absolute Gasteiger partial charge is 0.497 e. The van der Waals surface area contributed by atoms with E-state index in [1.165, 1.54) is 13.2 Å². The maximum absolute atomic E-state index is 12.1. The van der Waals surface area contributed by atoms with Crippen LogP contribution in [0.4, 0.5) is 0 Å². The summed E-state index contributed by atoms with van der Waals surface area (Å²) in [5, 5.41) is 0.694. The monoisotopic (exact) mass is 354 g/mol. The molecule has 6 heteroatoms. The summed E-state index contributed by atoms with van der Waals surface area (Å²) in [5.74, 6) is 0.858. The molecule has 0 radical (unpaired) electrons. The fourth-order valence-electron chi connectivity index (χ4n) is 2.61. The minimum atomic E-state index is -0.510. The molecule has 3 aromatic rings. The van der Waals surface area contributed by atoms with E-state index in [1.54, 1.807) is 37.4 Å². The lowest BCUT2D eigenvalue weighted by molar-refractivity contribution is -0.144. The number of hydrogen-bond acceptors (Lipinski definition) is 6. The number of rotatable bonds is 6. The highest BCUT2D eigenvalue weighted by atomic mass is 16.5. The van der Waals surface area contributed by atoms with Gasteiger partial charge in [-0.05, 0) is 29.8 Å². The second-order valence-electron chi connectivity index (χ2n) is 5.64. The van der Waals surface area contributed by atoms with E-state index in [2.05, 4.69) is 0 Å². The minimum absolute atomic E-state index is 0.0166. The van der Waals surface area contributed by atoms with Crippen molar-refractivity contribution in [2.75, 3.05) is 14.2 Å². The Morgan fingerprint density at radius 1 is 1.00 bits per heavy atom. The Labute approximate surface area is 149 Å². The van der Waals surface area contributed by atoms with Gasteiger partial charge < -0.3 is 18.6 Å². The molecule has 26 heavy (non-hydrogen) atoms. The van der Waals surface area contributed by atoms with Gasteiger partial charge in [0.25, 0.3) is 0 Å². The summed E-state index contributed by atoms with van der Waals surface area (Å²) in [7, 11) is 3.10. The van der Waals surface area contributed by atoms with Gasteiger partial charge in [-0.2, -0.15) is 0 Å². The summed E-state index contributed by atoms with van der Waals surface area (Å²) < 4.78 is 20.8. The van der Waals surface area contributed by atoms with E-state index in [0.29, 0.717) is 28.0 Å². The van der Waals surface area contributed by atoms with Gasteiger partial charge in [-0.3, -0.25) is 4.79 Å². The van der Waals surface area contributed by atoms with E-state index >= 15 is 0 Å². The van der Waals surface area contributed by atoms with Crippen molar-refractivity contribution in [1.82, 2.24) is 0 Å². The van der Waals surface area contributed by atoms with Crippen molar-refractivity contribution < 1.29 is 23.4 Å². The summed E-state index contributed by atoms with van der Waals surface area (Å²) in [6.07, 6.45) is 0.115. The van der Waals surface area contributed by atoms with Gasteiger partial charge in [0.1, 0.15) is 23.7 Å². The molecule has 0 bridgehead atoms. The van der Waals surface area contributed by atoms with Gasteiger partial charge in [0, 0.05) is 23.1 Å². The third kappa shape index (κ3) is 4.03. The molecule has 0 aliphatic carbocycles. The molecule has 0 saturated heterocycles. The molecule has 134 valence electrons. The van der Waals surface area contributed by atoms with Gasteiger partial charge in [0.2, 0.25) is 0 Å². The van der Waals surface area contributed by atoms with Gasteiger partial charge in [-0.15, -0.1) is 0 Å². The first-order valence-corrected chi connectivity index (χ1v) is 7.98. The van der Waals surface area contributed by atoms with Crippen LogP contribution in [0, 0.1) is 0 Å². The van der Waals surface area contributed by atoms with E-state index in [0.717, 1.165) is 5.56 Å². The number of carbonyl (C=O) groups excluding carboxylic acids is 1. The third-order valence-corrected chi connectivity index (χ3v) is 3.91. The van der Waals surface area contributed by atoms with E-state index < -0.39 is 11.6 Å². The van der Waals surface area contributed by atoms with Crippen LogP contribution in [-0.4, -0.2) is 20.2 Å². The number of esters is 1. The Hall–Kier alpha value is -3.28. The molecule has 0 amide bonds. The lowest BCUT2D eigenvalue weighted by Crippen LogP contribution is -2.10. The second-order valence-corrected chi connectivity index (χ2v) is 5.64.